The Morgan fingerprint density at radius 3 is 2.46 bits per heavy atom. The number of carbonyl (C=O) groups excluding carboxylic acids is 1. The van der Waals surface area contributed by atoms with Crippen molar-refractivity contribution in [3.8, 4) is 16.9 Å². The van der Waals surface area contributed by atoms with Gasteiger partial charge >= 0.3 is 0 Å². The minimum absolute atomic E-state index is 0.00200. The molecule has 0 aliphatic carbocycles. The van der Waals surface area contributed by atoms with Crippen molar-refractivity contribution < 1.29 is 4.79 Å². The highest BCUT2D eigenvalue weighted by Crippen LogP contribution is 2.25. The number of aryl methyl sites for hydroxylation is 2. The number of Topliss-reactive ketones (excluding diaryl/α,β-unsaturated/α-hetero) is 1. The van der Waals surface area contributed by atoms with E-state index in [-0.39, 0.29) is 17.7 Å². The molecule has 0 N–H and O–H groups in total. The number of carbonyl (C=O) groups is 1. The molecule has 39 heavy (non-hydrogen) atoms. The van der Waals surface area contributed by atoms with E-state index in [0.29, 0.717) is 5.69 Å². The molecule has 9 nitrogen and oxygen atoms in total. The summed E-state index contributed by atoms with van der Waals surface area (Å²) in [6, 6.07) is 10.0. The summed E-state index contributed by atoms with van der Waals surface area (Å²) >= 11 is 0. The van der Waals surface area contributed by atoms with E-state index in [1.54, 1.807) is 4.68 Å². The summed E-state index contributed by atoms with van der Waals surface area (Å²) in [7, 11) is 0. The number of ketones is 1. The molecular weight excluding hydrogens is 488 g/mol. The fourth-order valence-corrected chi connectivity index (χ4v) is 5.15. The van der Waals surface area contributed by atoms with E-state index >= 15 is 0 Å². The van der Waals surface area contributed by atoms with E-state index in [2.05, 4.69) is 64.0 Å². The maximum Gasteiger partial charge on any atom is 0.187 e. The van der Waals surface area contributed by atoms with Gasteiger partial charge in [-0.2, -0.15) is 5.10 Å². The molecule has 9 heteroatoms. The van der Waals surface area contributed by atoms with Crippen LogP contribution in [0.25, 0.3) is 16.9 Å². The number of hydrogen-bond donors (Lipinski definition) is 0. The number of likely N-dealkylation sites (N-methyl/N-ethyl adjacent to an activating group) is 1. The Hall–Kier alpha value is -3.85. The lowest BCUT2D eigenvalue weighted by Gasteiger charge is -2.35. The van der Waals surface area contributed by atoms with Crippen LogP contribution in [0.5, 0.6) is 0 Å². The van der Waals surface area contributed by atoms with Crippen LogP contribution in [0.1, 0.15) is 55.0 Å². The molecule has 0 saturated carbocycles. The molecule has 204 valence electrons. The van der Waals surface area contributed by atoms with Crippen LogP contribution in [0.15, 0.2) is 48.9 Å². The maximum atomic E-state index is 13.1. The maximum absolute atomic E-state index is 13.1. The van der Waals surface area contributed by atoms with Crippen LogP contribution in [0.3, 0.4) is 0 Å². The highest BCUT2D eigenvalue weighted by atomic mass is 16.1. The molecule has 0 radical (unpaired) electrons. The summed E-state index contributed by atoms with van der Waals surface area (Å²) in [5.74, 6) is -0.00200. The predicted octanol–water partition coefficient (Wildman–Crippen LogP) is 4.46. The van der Waals surface area contributed by atoms with E-state index < -0.39 is 0 Å². The first-order valence-electron chi connectivity index (χ1n) is 13.7. The second-order valence-electron chi connectivity index (χ2n) is 11.4. The predicted molar refractivity (Wildman–Crippen MR) is 154 cm³/mol. The van der Waals surface area contributed by atoms with Gasteiger partial charge in [0.2, 0.25) is 0 Å². The first-order valence-corrected chi connectivity index (χ1v) is 13.7. The average molecular weight is 527 g/mol. The van der Waals surface area contributed by atoms with E-state index in [9.17, 15) is 4.79 Å². The van der Waals surface area contributed by atoms with Crippen molar-refractivity contribution in [2.75, 3.05) is 37.6 Å². The Labute approximate surface area is 230 Å². The standard InChI is InChI=1S/C30H38N8O/c1-7-35-10-12-36(13-11-35)25-17-24(18-31-19-25)27-20-37(34-32-27)28-15-23(9-8-21(28)2)16-29(39)26-14-22(3)38(33-26)30(4,5)6/h8-9,14-15,17-20H,7,10-13,16H2,1-6H3. The topological polar surface area (TPSA) is 85.0 Å². The molecule has 3 aromatic heterocycles. The van der Waals surface area contributed by atoms with Crippen molar-refractivity contribution in [1.29, 1.82) is 0 Å². The van der Waals surface area contributed by atoms with Gasteiger partial charge < -0.3 is 9.80 Å². The number of aromatic nitrogens is 6. The fourth-order valence-electron chi connectivity index (χ4n) is 5.15. The Bertz CT molecular complexity index is 1470. The molecule has 4 aromatic rings. The second-order valence-corrected chi connectivity index (χ2v) is 11.4. The molecule has 0 spiro atoms. The summed E-state index contributed by atoms with van der Waals surface area (Å²) in [4.78, 5) is 22.4. The molecule has 1 fully saturated rings. The van der Waals surface area contributed by atoms with Gasteiger partial charge in [-0.1, -0.05) is 24.3 Å². The number of benzene rings is 1. The van der Waals surface area contributed by atoms with Crippen LogP contribution >= 0.6 is 0 Å². The summed E-state index contributed by atoms with van der Waals surface area (Å²) in [5.41, 5.74) is 6.97. The van der Waals surface area contributed by atoms with E-state index in [1.165, 1.54) is 0 Å². The minimum Gasteiger partial charge on any atom is -0.368 e. The van der Waals surface area contributed by atoms with Crippen LogP contribution < -0.4 is 4.90 Å². The van der Waals surface area contributed by atoms with Gasteiger partial charge in [0.15, 0.2) is 5.78 Å². The zero-order chi connectivity index (χ0) is 27.7. The molecule has 0 atom stereocenters. The molecule has 4 heterocycles. The summed E-state index contributed by atoms with van der Waals surface area (Å²) in [5, 5.41) is 13.5. The zero-order valence-electron chi connectivity index (χ0n) is 23.8. The highest BCUT2D eigenvalue weighted by Gasteiger charge is 2.21. The molecule has 1 aromatic carbocycles. The first kappa shape index (κ1) is 26.7. The molecule has 5 rings (SSSR count). The van der Waals surface area contributed by atoms with Gasteiger partial charge in [-0.25, -0.2) is 4.68 Å². The fraction of sp³-hybridized carbons (Fsp3) is 0.433. The lowest BCUT2D eigenvalue weighted by molar-refractivity contribution is 0.0986. The van der Waals surface area contributed by atoms with Crippen molar-refractivity contribution in [2.24, 2.45) is 0 Å². The second kappa shape index (κ2) is 10.7. The van der Waals surface area contributed by atoms with E-state index in [4.69, 9.17) is 0 Å². The van der Waals surface area contributed by atoms with Gasteiger partial charge in [-0.15, -0.1) is 5.10 Å². The molecule has 1 aliphatic heterocycles. The van der Waals surface area contributed by atoms with Crippen molar-refractivity contribution in [1.82, 2.24) is 34.7 Å². The largest absolute Gasteiger partial charge is 0.368 e. The summed E-state index contributed by atoms with van der Waals surface area (Å²) in [6.45, 7) is 17.7. The normalized spacial score (nSPS) is 14.7. The van der Waals surface area contributed by atoms with Crippen LogP contribution in [-0.2, 0) is 12.0 Å². The van der Waals surface area contributed by atoms with Gasteiger partial charge in [0, 0.05) is 50.1 Å². The van der Waals surface area contributed by atoms with Crippen molar-refractivity contribution >= 4 is 11.5 Å². The molecule has 1 saturated heterocycles. The van der Waals surface area contributed by atoms with Gasteiger partial charge in [0.05, 0.1) is 29.3 Å². The van der Waals surface area contributed by atoms with Crippen LogP contribution in [0, 0.1) is 13.8 Å². The summed E-state index contributed by atoms with van der Waals surface area (Å²) < 4.78 is 3.69. The SMILES string of the molecule is CCN1CCN(c2cncc(-c3cn(-c4cc(CC(=O)c5cc(C)n(C(C)(C)C)n5)ccc4C)nn3)c2)CC1. The average Bonchev–Trinajstić information content (AvgIpc) is 3.57. The Kier molecular flexibility index (Phi) is 7.36. The zero-order valence-corrected chi connectivity index (χ0v) is 23.8. The van der Waals surface area contributed by atoms with Crippen molar-refractivity contribution in [3.05, 3.63) is 71.4 Å². The molecule has 0 unspecified atom stereocenters. The number of nitrogens with zero attached hydrogens (tertiary/aromatic N) is 8. The monoisotopic (exact) mass is 526 g/mol. The third kappa shape index (κ3) is 5.78. The third-order valence-electron chi connectivity index (χ3n) is 7.39. The van der Waals surface area contributed by atoms with Gasteiger partial charge in [0.1, 0.15) is 11.4 Å². The van der Waals surface area contributed by atoms with E-state index in [1.807, 2.05) is 61.4 Å². The third-order valence-corrected chi connectivity index (χ3v) is 7.39. The quantitative estimate of drug-likeness (QED) is 0.329. The Morgan fingerprint density at radius 1 is 1.00 bits per heavy atom. The molecule has 1 aliphatic rings. The lowest BCUT2D eigenvalue weighted by atomic mass is 10.0. The molecular formula is C30H38N8O. The van der Waals surface area contributed by atoms with Gasteiger partial charge in [-0.05, 0) is 70.5 Å². The van der Waals surface area contributed by atoms with E-state index in [0.717, 1.165) is 72.2 Å². The Morgan fingerprint density at radius 2 is 1.77 bits per heavy atom. The number of piperazine rings is 1. The number of anilines is 1. The van der Waals surface area contributed by atoms with Gasteiger partial charge in [0.25, 0.3) is 0 Å². The Balaban J connectivity index is 1.34. The summed E-state index contributed by atoms with van der Waals surface area (Å²) in [6.07, 6.45) is 5.96. The van der Waals surface area contributed by atoms with Gasteiger partial charge in [-0.3, -0.25) is 14.5 Å². The molecule has 0 amide bonds. The molecule has 0 bridgehead atoms. The lowest BCUT2D eigenvalue weighted by Crippen LogP contribution is -2.46. The smallest absolute Gasteiger partial charge is 0.187 e. The number of hydrogen-bond acceptors (Lipinski definition) is 7. The van der Waals surface area contributed by atoms with Crippen LogP contribution in [0.4, 0.5) is 5.69 Å². The number of rotatable bonds is 7. The first-order chi connectivity index (χ1) is 18.6. The number of pyridine rings is 1. The highest BCUT2D eigenvalue weighted by molar-refractivity contribution is 5.96. The van der Waals surface area contributed by atoms with Crippen molar-refractivity contribution in [2.45, 2.75) is 53.5 Å². The van der Waals surface area contributed by atoms with Crippen LogP contribution in [-0.4, -0.2) is 73.2 Å². The van der Waals surface area contributed by atoms with Crippen molar-refractivity contribution in [3.63, 3.8) is 0 Å². The van der Waals surface area contributed by atoms with Crippen LogP contribution in [0.2, 0.25) is 0 Å². The minimum atomic E-state index is -0.177.